The van der Waals surface area contributed by atoms with E-state index in [0.717, 1.165) is 42.7 Å². The van der Waals surface area contributed by atoms with E-state index in [1.54, 1.807) is 4.90 Å². The van der Waals surface area contributed by atoms with Gasteiger partial charge in [0, 0.05) is 18.8 Å². The zero-order chi connectivity index (χ0) is 19.8. The number of imide groups is 1. The SMILES string of the molecule is O=C(CN1C(=O)C2CCCCC2C1=O)Nc1cc(F)c(N2CCCC2)c(F)c1. The molecule has 2 atom stereocenters. The molecule has 0 aromatic heterocycles. The molecular weight excluding hydrogens is 368 g/mol. The lowest BCUT2D eigenvalue weighted by Crippen LogP contribution is -2.38. The fourth-order valence-electron chi connectivity index (χ4n) is 4.61. The Kier molecular flexibility index (Phi) is 5.03. The molecule has 3 amide bonds. The van der Waals surface area contributed by atoms with Crippen LogP contribution in [0.25, 0.3) is 0 Å². The number of carbonyl (C=O) groups is 3. The summed E-state index contributed by atoms with van der Waals surface area (Å²) >= 11 is 0. The van der Waals surface area contributed by atoms with E-state index in [4.69, 9.17) is 0 Å². The Hall–Kier alpha value is -2.51. The van der Waals surface area contributed by atoms with E-state index in [1.807, 2.05) is 0 Å². The highest BCUT2D eigenvalue weighted by molar-refractivity contribution is 6.08. The minimum Gasteiger partial charge on any atom is -0.367 e. The number of benzene rings is 1. The van der Waals surface area contributed by atoms with E-state index >= 15 is 0 Å². The summed E-state index contributed by atoms with van der Waals surface area (Å²) in [6, 6.07) is 2.14. The van der Waals surface area contributed by atoms with Crippen LogP contribution in [0.3, 0.4) is 0 Å². The molecule has 1 aromatic carbocycles. The number of nitrogens with one attached hydrogen (secondary N) is 1. The molecule has 0 spiro atoms. The van der Waals surface area contributed by atoms with Crippen LogP contribution < -0.4 is 10.2 Å². The summed E-state index contributed by atoms with van der Waals surface area (Å²) in [6.07, 6.45) is 4.92. The number of hydrogen-bond donors (Lipinski definition) is 1. The van der Waals surface area contributed by atoms with Crippen molar-refractivity contribution in [1.29, 1.82) is 0 Å². The molecule has 0 bridgehead atoms. The predicted octanol–water partition coefficient (Wildman–Crippen LogP) is 2.68. The van der Waals surface area contributed by atoms with Crippen molar-refractivity contribution < 1.29 is 23.2 Å². The van der Waals surface area contributed by atoms with Crippen molar-refractivity contribution >= 4 is 29.1 Å². The molecule has 2 aliphatic heterocycles. The van der Waals surface area contributed by atoms with Gasteiger partial charge in [-0.15, -0.1) is 0 Å². The number of nitrogens with zero attached hydrogens (tertiary/aromatic N) is 2. The summed E-state index contributed by atoms with van der Waals surface area (Å²) in [5.41, 5.74) is -0.107. The van der Waals surface area contributed by atoms with Gasteiger partial charge in [0.15, 0.2) is 11.6 Å². The van der Waals surface area contributed by atoms with Crippen LogP contribution in [0, 0.1) is 23.5 Å². The number of amides is 3. The molecule has 6 nitrogen and oxygen atoms in total. The van der Waals surface area contributed by atoms with Crippen molar-refractivity contribution in [1.82, 2.24) is 4.90 Å². The van der Waals surface area contributed by atoms with Crippen LogP contribution >= 0.6 is 0 Å². The van der Waals surface area contributed by atoms with Crippen LogP contribution in [0.1, 0.15) is 38.5 Å². The Morgan fingerprint density at radius 2 is 1.50 bits per heavy atom. The molecule has 3 aliphatic rings. The van der Waals surface area contributed by atoms with Gasteiger partial charge in [0.2, 0.25) is 17.7 Å². The van der Waals surface area contributed by atoms with E-state index < -0.39 is 24.1 Å². The molecule has 0 radical (unpaired) electrons. The van der Waals surface area contributed by atoms with E-state index in [1.165, 1.54) is 0 Å². The molecule has 1 N–H and O–H groups in total. The number of halogens is 2. The molecule has 2 heterocycles. The van der Waals surface area contributed by atoms with E-state index in [9.17, 15) is 23.2 Å². The number of fused-ring (bicyclic) bond motifs is 1. The van der Waals surface area contributed by atoms with Gasteiger partial charge in [0.1, 0.15) is 12.2 Å². The van der Waals surface area contributed by atoms with E-state index in [0.29, 0.717) is 25.9 Å². The zero-order valence-corrected chi connectivity index (χ0v) is 15.5. The van der Waals surface area contributed by atoms with Crippen molar-refractivity contribution in [2.75, 3.05) is 29.9 Å². The smallest absolute Gasteiger partial charge is 0.244 e. The topological polar surface area (TPSA) is 69.7 Å². The van der Waals surface area contributed by atoms with Crippen molar-refractivity contribution in [2.45, 2.75) is 38.5 Å². The van der Waals surface area contributed by atoms with Crippen LogP contribution in [0.15, 0.2) is 12.1 Å². The van der Waals surface area contributed by atoms with Crippen LogP contribution in [-0.4, -0.2) is 42.3 Å². The summed E-state index contributed by atoms with van der Waals surface area (Å²) in [7, 11) is 0. The Bertz CT molecular complexity index is 776. The fraction of sp³-hybridized carbons (Fsp3) is 0.550. The van der Waals surface area contributed by atoms with Gasteiger partial charge in [-0.05, 0) is 37.8 Å². The van der Waals surface area contributed by atoms with Crippen LogP contribution in [0.5, 0.6) is 0 Å². The highest BCUT2D eigenvalue weighted by Crippen LogP contribution is 2.38. The molecule has 28 heavy (non-hydrogen) atoms. The monoisotopic (exact) mass is 391 g/mol. The Balaban J connectivity index is 1.44. The van der Waals surface area contributed by atoms with Gasteiger partial charge in [0.25, 0.3) is 0 Å². The van der Waals surface area contributed by atoms with Gasteiger partial charge >= 0.3 is 0 Å². The molecule has 4 rings (SSSR count). The van der Waals surface area contributed by atoms with Crippen LogP contribution in [0.4, 0.5) is 20.2 Å². The fourth-order valence-corrected chi connectivity index (χ4v) is 4.61. The van der Waals surface area contributed by atoms with Crippen molar-refractivity contribution in [3.63, 3.8) is 0 Å². The van der Waals surface area contributed by atoms with Gasteiger partial charge in [-0.2, -0.15) is 0 Å². The first-order valence-electron chi connectivity index (χ1n) is 9.85. The second-order valence-electron chi connectivity index (χ2n) is 7.79. The second kappa shape index (κ2) is 7.48. The third-order valence-electron chi connectivity index (χ3n) is 5.96. The van der Waals surface area contributed by atoms with Gasteiger partial charge in [0.05, 0.1) is 11.8 Å². The second-order valence-corrected chi connectivity index (χ2v) is 7.79. The Labute approximate surface area is 161 Å². The lowest BCUT2D eigenvalue weighted by atomic mass is 9.81. The van der Waals surface area contributed by atoms with Gasteiger partial charge in [-0.1, -0.05) is 12.8 Å². The first kappa shape index (κ1) is 18.8. The van der Waals surface area contributed by atoms with Gasteiger partial charge < -0.3 is 10.2 Å². The van der Waals surface area contributed by atoms with Crippen LogP contribution in [-0.2, 0) is 14.4 Å². The highest BCUT2D eigenvalue weighted by Gasteiger charge is 2.48. The molecule has 1 saturated carbocycles. The summed E-state index contributed by atoms with van der Waals surface area (Å²) in [4.78, 5) is 39.8. The lowest BCUT2D eigenvalue weighted by Gasteiger charge is -2.20. The maximum Gasteiger partial charge on any atom is 0.244 e. The maximum absolute atomic E-state index is 14.4. The van der Waals surface area contributed by atoms with Crippen molar-refractivity contribution in [2.24, 2.45) is 11.8 Å². The first-order chi connectivity index (χ1) is 13.5. The normalized spacial score (nSPS) is 24.6. The average Bonchev–Trinajstić information content (AvgIpc) is 3.25. The molecule has 2 unspecified atom stereocenters. The Morgan fingerprint density at radius 1 is 0.964 bits per heavy atom. The quantitative estimate of drug-likeness (QED) is 0.802. The summed E-state index contributed by atoms with van der Waals surface area (Å²) in [5, 5.41) is 2.41. The third kappa shape index (κ3) is 3.36. The molecule has 1 aromatic rings. The van der Waals surface area contributed by atoms with Crippen LogP contribution in [0.2, 0.25) is 0 Å². The maximum atomic E-state index is 14.4. The van der Waals surface area contributed by atoms with Gasteiger partial charge in [-0.25, -0.2) is 8.78 Å². The lowest BCUT2D eigenvalue weighted by molar-refractivity contribution is -0.142. The molecule has 150 valence electrons. The predicted molar refractivity (Wildman–Crippen MR) is 98.6 cm³/mol. The third-order valence-corrected chi connectivity index (χ3v) is 5.96. The molecular formula is C20H23F2N3O3. The van der Waals surface area contributed by atoms with E-state index in [2.05, 4.69) is 5.32 Å². The number of likely N-dealkylation sites (tertiary alicyclic amines) is 1. The standard InChI is InChI=1S/C20H23F2N3O3/c21-15-9-12(10-16(22)18(15)24-7-3-4-8-24)23-17(26)11-25-19(27)13-5-1-2-6-14(13)20(25)28/h9-10,13-14H,1-8,11H2,(H,23,26). The average molecular weight is 391 g/mol. The summed E-state index contributed by atoms with van der Waals surface area (Å²) in [6.45, 7) is 0.768. The molecule has 8 heteroatoms. The molecule has 3 fully saturated rings. The largest absolute Gasteiger partial charge is 0.367 e. The zero-order valence-electron chi connectivity index (χ0n) is 15.5. The first-order valence-corrected chi connectivity index (χ1v) is 9.85. The number of anilines is 2. The summed E-state index contributed by atoms with van der Waals surface area (Å²) in [5.74, 6) is -3.41. The minimum absolute atomic E-state index is 0.0283. The summed E-state index contributed by atoms with van der Waals surface area (Å²) < 4.78 is 28.8. The number of rotatable bonds is 4. The number of carbonyl (C=O) groups excluding carboxylic acids is 3. The van der Waals surface area contributed by atoms with E-state index in [-0.39, 0.29) is 35.0 Å². The number of hydrogen-bond acceptors (Lipinski definition) is 4. The van der Waals surface area contributed by atoms with Crippen molar-refractivity contribution in [3.8, 4) is 0 Å². The molecule has 1 aliphatic carbocycles. The highest BCUT2D eigenvalue weighted by atomic mass is 19.1. The molecule has 2 saturated heterocycles. The Morgan fingerprint density at radius 3 is 2.04 bits per heavy atom. The van der Waals surface area contributed by atoms with Crippen molar-refractivity contribution in [3.05, 3.63) is 23.8 Å². The van der Waals surface area contributed by atoms with Gasteiger partial charge in [-0.3, -0.25) is 19.3 Å². The minimum atomic E-state index is -0.739.